The van der Waals surface area contributed by atoms with Gasteiger partial charge in [-0.3, -0.25) is 4.79 Å². The van der Waals surface area contributed by atoms with Crippen LogP contribution < -0.4 is 5.32 Å². The van der Waals surface area contributed by atoms with E-state index in [0.717, 1.165) is 34.4 Å². The Bertz CT molecular complexity index is 888. The topological polar surface area (TPSA) is 85.6 Å². The number of carbonyl (C=O) groups is 1. The SMILES string of the molecule is O=C(Cc1nc(CSc2nnnn2C2CCCC2)cs1)Nc1ccccc1. The molecule has 1 aliphatic rings. The van der Waals surface area contributed by atoms with Crippen molar-refractivity contribution in [2.75, 3.05) is 5.32 Å². The minimum absolute atomic E-state index is 0.0556. The van der Waals surface area contributed by atoms with Crippen LogP contribution in [-0.4, -0.2) is 31.1 Å². The molecule has 7 nitrogen and oxygen atoms in total. The Hall–Kier alpha value is -2.26. The molecule has 0 bridgehead atoms. The monoisotopic (exact) mass is 400 g/mol. The van der Waals surface area contributed by atoms with Crippen LogP contribution in [0.3, 0.4) is 0 Å². The normalized spacial score (nSPS) is 14.5. The summed E-state index contributed by atoms with van der Waals surface area (Å²) in [5.74, 6) is 0.643. The fourth-order valence-corrected chi connectivity index (χ4v) is 4.89. The van der Waals surface area contributed by atoms with Gasteiger partial charge in [0.05, 0.1) is 18.2 Å². The predicted molar refractivity (Wildman–Crippen MR) is 106 cm³/mol. The number of rotatable bonds is 7. The summed E-state index contributed by atoms with van der Waals surface area (Å²) in [6.45, 7) is 0. The molecule has 140 valence electrons. The molecule has 2 aromatic heterocycles. The van der Waals surface area contributed by atoms with Crippen LogP contribution in [0.1, 0.15) is 42.4 Å². The number of hydrogen-bond acceptors (Lipinski definition) is 7. The highest BCUT2D eigenvalue weighted by Gasteiger charge is 2.21. The highest BCUT2D eigenvalue weighted by molar-refractivity contribution is 7.98. The number of nitrogens with one attached hydrogen (secondary N) is 1. The van der Waals surface area contributed by atoms with E-state index in [0.29, 0.717) is 11.8 Å². The first kappa shape index (κ1) is 18.1. The van der Waals surface area contributed by atoms with Crippen molar-refractivity contribution < 1.29 is 4.79 Å². The van der Waals surface area contributed by atoms with Crippen molar-refractivity contribution in [2.45, 2.75) is 49.1 Å². The number of thiazole rings is 1. The zero-order valence-electron chi connectivity index (χ0n) is 14.7. The quantitative estimate of drug-likeness (QED) is 0.609. The molecule has 0 radical (unpaired) electrons. The number of tetrazole rings is 1. The first-order valence-electron chi connectivity index (χ1n) is 8.97. The van der Waals surface area contributed by atoms with E-state index in [9.17, 15) is 4.79 Å². The number of amides is 1. The van der Waals surface area contributed by atoms with Crippen LogP contribution in [0.2, 0.25) is 0 Å². The van der Waals surface area contributed by atoms with Crippen LogP contribution in [0.15, 0.2) is 40.9 Å². The highest BCUT2D eigenvalue weighted by Crippen LogP contribution is 2.32. The average Bonchev–Trinajstić information content (AvgIpc) is 3.42. The van der Waals surface area contributed by atoms with Crippen molar-refractivity contribution in [3.8, 4) is 0 Å². The molecule has 0 saturated heterocycles. The van der Waals surface area contributed by atoms with Gasteiger partial charge in [-0.1, -0.05) is 42.8 Å². The first-order chi connectivity index (χ1) is 13.3. The van der Waals surface area contributed by atoms with Crippen molar-refractivity contribution in [3.63, 3.8) is 0 Å². The van der Waals surface area contributed by atoms with Gasteiger partial charge in [-0.2, -0.15) is 0 Å². The molecular weight excluding hydrogens is 380 g/mol. The number of anilines is 1. The Morgan fingerprint density at radius 3 is 2.89 bits per heavy atom. The summed E-state index contributed by atoms with van der Waals surface area (Å²) in [6, 6.07) is 9.88. The molecule has 4 rings (SSSR count). The van der Waals surface area contributed by atoms with Gasteiger partial charge in [0.25, 0.3) is 0 Å². The van der Waals surface area contributed by atoms with E-state index in [1.165, 1.54) is 24.2 Å². The number of benzene rings is 1. The third-order valence-electron chi connectivity index (χ3n) is 4.45. The zero-order chi connectivity index (χ0) is 18.5. The van der Waals surface area contributed by atoms with E-state index in [1.807, 2.05) is 40.4 Å². The number of hydrogen-bond donors (Lipinski definition) is 1. The summed E-state index contributed by atoms with van der Waals surface area (Å²) < 4.78 is 1.96. The fraction of sp³-hybridized carbons (Fsp3) is 0.389. The fourth-order valence-electron chi connectivity index (χ4n) is 3.16. The highest BCUT2D eigenvalue weighted by atomic mass is 32.2. The summed E-state index contributed by atoms with van der Waals surface area (Å²) >= 11 is 3.11. The number of thioether (sulfide) groups is 1. The van der Waals surface area contributed by atoms with E-state index < -0.39 is 0 Å². The maximum absolute atomic E-state index is 12.1. The number of carbonyl (C=O) groups excluding carboxylic acids is 1. The van der Waals surface area contributed by atoms with Gasteiger partial charge in [-0.15, -0.1) is 16.4 Å². The molecule has 0 spiro atoms. The van der Waals surface area contributed by atoms with E-state index in [4.69, 9.17) is 0 Å². The van der Waals surface area contributed by atoms with Gasteiger partial charge in [0.2, 0.25) is 11.1 Å². The van der Waals surface area contributed by atoms with Crippen molar-refractivity contribution in [3.05, 3.63) is 46.4 Å². The van der Waals surface area contributed by atoms with Crippen molar-refractivity contribution in [1.82, 2.24) is 25.2 Å². The molecule has 1 aliphatic carbocycles. The molecule has 1 saturated carbocycles. The summed E-state index contributed by atoms with van der Waals surface area (Å²) in [4.78, 5) is 16.7. The van der Waals surface area contributed by atoms with E-state index in [1.54, 1.807) is 11.8 Å². The minimum atomic E-state index is -0.0556. The van der Waals surface area contributed by atoms with E-state index in [2.05, 4.69) is 25.8 Å². The Morgan fingerprint density at radius 1 is 1.26 bits per heavy atom. The Morgan fingerprint density at radius 2 is 2.07 bits per heavy atom. The van der Waals surface area contributed by atoms with Crippen molar-refractivity contribution in [1.29, 1.82) is 0 Å². The average molecular weight is 401 g/mol. The molecule has 1 N–H and O–H groups in total. The number of para-hydroxylation sites is 1. The van der Waals surface area contributed by atoms with E-state index in [-0.39, 0.29) is 12.3 Å². The maximum atomic E-state index is 12.1. The summed E-state index contributed by atoms with van der Waals surface area (Å²) in [5.41, 5.74) is 1.75. The standard InChI is InChI=1S/C18H20N6OS2/c25-16(19-13-6-2-1-3-7-13)10-17-20-14(11-26-17)12-27-18-21-22-23-24(18)15-8-4-5-9-15/h1-3,6-7,11,15H,4-5,8-10,12H2,(H,19,25). The molecule has 1 aromatic carbocycles. The van der Waals surface area contributed by atoms with Gasteiger partial charge in [-0.05, 0) is 35.4 Å². The lowest BCUT2D eigenvalue weighted by molar-refractivity contribution is -0.115. The lowest BCUT2D eigenvalue weighted by Crippen LogP contribution is -2.14. The molecule has 0 unspecified atom stereocenters. The Balaban J connectivity index is 1.31. The van der Waals surface area contributed by atoms with Gasteiger partial charge in [0.15, 0.2) is 0 Å². The summed E-state index contributed by atoms with van der Waals surface area (Å²) in [6.07, 6.45) is 5.07. The second kappa shape index (κ2) is 8.62. The van der Waals surface area contributed by atoms with Crippen LogP contribution in [-0.2, 0) is 17.0 Å². The van der Waals surface area contributed by atoms with Crippen molar-refractivity contribution in [2.24, 2.45) is 0 Å². The molecule has 1 fully saturated rings. The van der Waals surface area contributed by atoms with Gasteiger partial charge in [-0.25, -0.2) is 9.67 Å². The minimum Gasteiger partial charge on any atom is -0.326 e. The van der Waals surface area contributed by atoms with Gasteiger partial charge < -0.3 is 5.32 Å². The Labute approximate surface area is 165 Å². The van der Waals surface area contributed by atoms with E-state index >= 15 is 0 Å². The lowest BCUT2D eigenvalue weighted by Gasteiger charge is -2.10. The summed E-state index contributed by atoms with van der Waals surface area (Å²) in [5, 5.41) is 18.7. The molecule has 0 aliphatic heterocycles. The van der Waals surface area contributed by atoms with Gasteiger partial charge >= 0.3 is 0 Å². The molecule has 27 heavy (non-hydrogen) atoms. The molecule has 3 aromatic rings. The smallest absolute Gasteiger partial charge is 0.231 e. The van der Waals surface area contributed by atoms with Crippen LogP contribution in [0.4, 0.5) is 5.69 Å². The zero-order valence-corrected chi connectivity index (χ0v) is 16.4. The third kappa shape index (κ3) is 4.72. The maximum Gasteiger partial charge on any atom is 0.231 e. The molecule has 2 heterocycles. The van der Waals surface area contributed by atoms with Gasteiger partial charge in [0, 0.05) is 16.8 Å². The van der Waals surface area contributed by atoms with Gasteiger partial charge in [0.1, 0.15) is 5.01 Å². The Kier molecular flexibility index (Phi) is 5.78. The third-order valence-corrected chi connectivity index (χ3v) is 6.32. The first-order valence-corrected chi connectivity index (χ1v) is 10.8. The van der Waals surface area contributed by atoms with Crippen LogP contribution >= 0.6 is 23.1 Å². The number of nitrogens with zero attached hydrogens (tertiary/aromatic N) is 5. The second-order valence-electron chi connectivity index (χ2n) is 6.46. The summed E-state index contributed by atoms with van der Waals surface area (Å²) in [7, 11) is 0. The predicted octanol–water partition coefficient (Wildman–Crippen LogP) is 3.72. The van der Waals surface area contributed by atoms with Crippen LogP contribution in [0.5, 0.6) is 0 Å². The second-order valence-corrected chi connectivity index (χ2v) is 8.34. The molecular formula is C18H20N6OS2. The molecule has 1 amide bonds. The molecule has 0 atom stereocenters. The molecule has 9 heteroatoms. The lowest BCUT2D eigenvalue weighted by atomic mass is 10.3. The number of aromatic nitrogens is 5. The van der Waals surface area contributed by atoms with Crippen LogP contribution in [0.25, 0.3) is 0 Å². The van der Waals surface area contributed by atoms with Crippen LogP contribution in [0, 0.1) is 0 Å². The largest absolute Gasteiger partial charge is 0.326 e. The van der Waals surface area contributed by atoms with Crippen molar-refractivity contribution >= 4 is 34.7 Å².